The summed E-state index contributed by atoms with van der Waals surface area (Å²) >= 11 is 0. The molecule has 6 nitrogen and oxygen atoms in total. The number of hydrogen-bond donors (Lipinski definition) is 1. The van der Waals surface area contributed by atoms with E-state index in [1.54, 1.807) is 4.57 Å². The van der Waals surface area contributed by atoms with Crippen molar-refractivity contribution < 1.29 is 0 Å². The lowest BCUT2D eigenvalue weighted by atomic mass is 10.1. The van der Waals surface area contributed by atoms with Crippen LogP contribution in [0.15, 0.2) is 65.5 Å². The Kier molecular flexibility index (Phi) is 3.63. The van der Waals surface area contributed by atoms with Crippen LogP contribution < -0.4 is 5.56 Å². The van der Waals surface area contributed by atoms with E-state index in [2.05, 4.69) is 32.8 Å². The fourth-order valence-electron chi connectivity index (χ4n) is 2.94. The van der Waals surface area contributed by atoms with Crippen molar-refractivity contribution in [2.24, 2.45) is 0 Å². The van der Waals surface area contributed by atoms with E-state index in [4.69, 9.17) is 0 Å². The van der Waals surface area contributed by atoms with E-state index in [1.807, 2.05) is 48.5 Å². The standard InChI is InChI=1S/C18H15N5O/c24-18-16(17-19-21-22-20-17)14-9-5-2-6-10-15(14)23(18)12-11-13-7-3-1-4-8-13/h1-10H,11-12H2,(H,19,20,21,22). The minimum Gasteiger partial charge on any atom is -0.307 e. The highest BCUT2D eigenvalue weighted by Gasteiger charge is 2.23. The Morgan fingerprint density at radius 2 is 1.71 bits per heavy atom. The Balaban J connectivity index is 1.81. The van der Waals surface area contributed by atoms with Gasteiger partial charge in [0.2, 0.25) is 5.82 Å². The highest BCUT2D eigenvalue weighted by Crippen LogP contribution is 2.29. The summed E-state index contributed by atoms with van der Waals surface area (Å²) in [5, 5.41) is 14.0. The zero-order chi connectivity index (χ0) is 16.4. The number of tetrazole rings is 1. The molecule has 0 unspecified atom stereocenters. The predicted octanol–water partition coefficient (Wildman–Crippen LogP) is 2.38. The zero-order valence-electron chi connectivity index (χ0n) is 12.9. The van der Waals surface area contributed by atoms with Crippen molar-refractivity contribution in [2.75, 3.05) is 0 Å². The van der Waals surface area contributed by atoms with Crippen LogP contribution in [0.25, 0.3) is 22.6 Å². The summed E-state index contributed by atoms with van der Waals surface area (Å²) in [7, 11) is 0. The quantitative estimate of drug-likeness (QED) is 0.627. The molecule has 1 aromatic heterocycles. The lowest BCUT2D eigenvalue weighted by Crippen LogP contribution is -2.18. The number of H-pyrrole nitrogens is 1. The fraction of sp³-hybridized carbons (Fsp3) is 0.111. The van der Waals surface area contributed by atoms with Crippen LogP contribution in [-0.2, 0) is 13.0 Å². The molecule has 0 saturated carbocycles. The fourth-order valence-corrected chi connectivity index (χ4v) is 2.94. The minimum atomic E-state index is -0.0893. The van der Waals surface area contributed by atoms with Crippen molar-refractivity contribution in [3.8, 4) is 22.6 Å². The van der Waals surface area contributed by atoms with Gasteiger partial charge in [-0.2, -0.15) is 5.21 Å². The van der Waals surface area contributed by atoms with Gasteiger partial charge in [0.1, 0.15) is 0 Å². The van der Waals surface area contributed by atoms with Gasteiger partial charge in [-0.25, -0.2) is 0 Å². The van der Waals surface area contributed by atoms with Crippen LogP contribution in [0.4, 0.5) is 0 Å². The second-order valence-corrected chi connectivity index (χ2v) is 5.51. The number of hydrogen-bond acceptors (Lipinski definition) is 4. The molecule has 118 valence electrons. The van der Waals surface area contributed by atoms with Gasteiger partial charge < -0.3 is 4.57 Å². The summed E-state index contributed by atoms with van der Waals surface area (Å²) in [5.74, 6) is 0.328. The molecule has 4 rings (SSSR count). The molecule has 2 aliphatic rings. The number of aromatic nitrogens is 5. The maximum absolute atomic E-state index is 13.0. The van der Waals surface area contributed by atoms with Gasteiger partial charge in [0.15, 0.2) is 0 Å². The number of aromatic amines is 1. The van der Waals surface area contributed by atoms with Gasteiger partial charge in [0.25, 0.3) is 5.56 Å². The lowest BCUT2D eigenvalue weighted by molar-refractivity contribution is 0.689. The first-order valence-electron chi connectivity index (χ1n) is 7.74. The molecule has 1 aliphatic heterocycles. The van der Waals surface area contributed by atoms with E-state index < -0.39 is 0 Å². The third-order valence-electron chi connectivity index (χ3n) is 4.07. The Hall–Kier alpha value is -3.28. The van der Waals surface area contributed by atoms with E-state index in [0.29, 0.717) is 17.9 Å². The molecule has 2 aromatic rings. The predicted molar refractivity (Wildman–Crippen MR) is 90.6 cm³/mol. The zero-order valence-corrected chi connectivity index (χ0v) is 12.9. The third-order valence-corrected chi connectivity index (χ3v) is 4.07. The second-order valence-electron chi connectivity index (χ2n) is 5.51. The molecule has 1 N–H and O–H groups in total. The highest BCUT2D eigenvalue weighted by molar-refractivity contribution is 5.80. The van der Waals surface area contributed by atoms with Crippen LogP contribution >= 0.6 is 0 Å². The van der Waals surface area contributed by atoms with Gasteiger partial charge >= 0.3 is 0 Å². The molecule has 0 atom stereocenters. The normalized spacial score (nSPS) is 11.0. The maximum Gasteiger partial charge on any atom is 0.262 e. The van der Waals surface area contributed by atoms with Crippen molar-refractivity contribution in [3.05, 3.63) is 76.6 Å². The summed E-state index contributed by atoms with van der Waals surface area (Å²) in [6.45, 7) is 0.598. The van der Waals surface area contributed by atoms with Gasteiger partial charge in [0.05, 0.1) is 11.3 Å². The minimum absolute atomic E-state index is 0.0893. The second kappa shape index (κ2) is 6.08. The largest absolute Gasteiger partial charge is 0.307 e. The molecule has 0 bridgehead atoms. The van der Waals surface area contributed by atoms with E-state index in [9.17, 15) is 4.79 Å². The Morgan fingerprint density at radius 3 is 2.46 bits per heavy atom. The van der Waals surface area contributed by atoms with E-state index in [-0.39, 0.29) is 5.56 Å². The average molecular weight is 317 g/mol. The number of aryl methyl sites for hydroxylation is 1. The first-order chi connectivity index (χ1) is 11.8. The molecule has 0 amide bonds. The summed E-state index contributed by atoms with van der Waals surface area (Å²) in [5.41, 5.74) is 3.30. The first-order valence-corrected chi connectivity index (χ1v) is 7.74. The van der Waals surface area contributed by atoms with Crippen molar-refractivity contribution >= 4 is 0 Å². The average Bonchev–Trinajstić information content (AvgIpc) is 3.14. The van der Waals surface area contributed by atoms with Gasteiger partial charge in [-0.3, -0.25) is 4.79 Å². The van der Waals surface area contributed by atoms with Gasteiger partial charge in [-0.05, 0) is 23.3 Å². The molecule has 0 fully saturated rings. The molecule has 6 heteroatoms. The number of rotatable bonds is 4. The highest BCUT2D eigenvalue weighted by atomic mass is 16.1. The Labute approximate surface area is 138 Å². The van der Waals surface area contributed by atoms with Crippen molar-refractivity contribution in [1.29, 1.82) is 0 Å². The summed E-state index contributed by atoms with van der Waals surface area (Å²) in [6, 6.07) is 19.8. The molecular weight excluding hydrogens is 302 g/mol. The SMILES string of the molecule is O=c1c(-c2nn[nH]n2)c2cccccc-2n1CCc1ccccc1. The monoisotopic (exact) mass is 317 g/mol. The number of nitrogens with zero attached hydrogens (tertiary/aromatic N) is 4. The molecule has 1 aromatic carbocycles. The molecule has 1 aliphatic carbocycles. The molecule has 0 radical (unpaired) electrons. The van der Waals surface area contributed by atoms with Crippen LogP contribution in [0.3, 0.4) is 0 Å². The van der Waals surface area contributed by atoms with Gasteiger partial charge in [-0.15, -0.1) is 10.2 Å². The summed E-state index contributed by atoms with van der Waals surface area (Å²) in [4.78, 5) is 13.0. The molecule has 0 spiro atoms. The first kappa shape index (κ1) is 14.3. The molecule has 2 heterocycles. The number of nitrogens with one attached hydrogen (secondary N) is 1. The topological polar surface area (TPSA) is 76.5 Å². The lowest BCUT2D eigenvalue weighted by Gasteiger charge is -2.06. The van der Waals surface area contributed by atoms with E-state index in [0.717, 1.165) is 17.7 Å². The third kappa shape index (κ3) is 2.48. The molecule has 24 heavy (non-hydrogen) atoms. The summed E-state index contributed by atoms with van der Waals surface area (Å²) < 4.78 is 1.79. The molecular formula is C18H15N5O. The van der Waals surface area contributed by atoms with Crippen molar-refractivity contribution in [1.82, 2.24) is 25.2 Å². The van der Waals surface area contributed by atoms with Crippen LogP contribution in [0.5, 0.6) is 0 Å². The van der Waals surface area contributed by atoms with Crippen LogP contribution in [0, 0.1) is 0 Å². The van der Waals surface area contributed by atoms with Gasteiger partial charge in [-0.1, -0.05) is 54.6 Å². The molecule has 0 saturated heterocycles. The number of fused-ring (bicyclic) bond motifs is 1. The van der Waals surface area contributed by atoms with Gasteiger partial charge in [0, 0.05) is 12.1 Å². The maximum atomic E-state index is 13.0. The van der Waals surface area contributed by atoms with Crippen molar-refractivity contribution in [2.45, 2.75) is 13.0 Å². The van der Waals surface area contributed by atoms with E-state index in [1.165, 1.54) is 5.56 Å². The van der Waals surface area contributed by atoms with E-state index >= 15 is 0 Å². The summed E-state index contributed by atoms with van der Waals surface area (Å²) in [6.07, 6.45) is 0.782. The van der Waals surface area contributed by atoms with Crippen molar-refractivity contribution in [3.63, 3.8) is 0 Å². The van der Waals surface area contributed by atoms with Crippen LogP contribution in [-0.4, -0.2) is 25.2 Å². The van der Waals surface area contributed by atoms with Crippen LogP contribution in [0.2, 0.25) is 0 Å². The smallest absolute Gasteiger partial charge is 0.262 e. The van der Waals surface area contributed by atoms with Crippen LogP contribution in [0.1, 0.15) is 5.56 Å². The Bertz CT molecular complexity index is 976. The number of benzene rings is 1. The Morgan fingerprint density at radius 1 is 0.958 bits per heavy atom.